The number of nitrogens with one attached hydrogen (secondary N) is 4. The molecule has 0 saturated carbocycles. The van der Waals surface area contributed by atoms with E-state index in [2.05, 4.69) is 31.3 Å². The summed E-state index contributed by atoms with van der Waals surface area (Å²) in [6, 6.07) is -7.08. The Kier molecular flexibility index (Phi) is 15.0. The van der Waals surface area contributed by atoms with E-state index in [1.54, 1.807) is 0 Å². The molecule has 8 N–H and O–H groups in total. The number of rotatable bonds is 19. The largest absolute Gasteiger partial charge is 0.481 e. The molecule has 1 unspecified atom stereocenters. The molecule has 42 heavy (non-hydrogen) atoms. The lowest BCUT2D eigenvalue weighted by atomic mass is 10.00. The van der Waals surface area contributed by atoms with Crippen LogP contribution in [0.4, 0.5) is 0 Å². The number of carboxylic acids is 2. The van der Waals surface area contributed by atoms with Gasteiger partial charge in [-0.1, -0.05) is 27.7 Å². The summed E-state index contributed by atoms with van der Waals surface area (Å²) in [6.07, 6.45) is 2.11. The number of nitrogens with zero attached hydrogens (tertiary/aromatic N) is 2. The molecule has 1 heterocycles. The van der Waals surface area contributed by atoms with Crippen LogP contribution >= 0.6 is 0 Å². The van der Waals surface area contributed by atoms with Crippen molar-refractivity contribution in [3.63, 3.8) is 0 Å². The highest BCUT2D eigenvalue weighted by atomic mass is 16.4. The van der Waals surface area contributed by atoms with E-state index >= 15 is 0 Å². The SMILES string of the molecule is CC(C)C[C@@H](C=O)NC(=O)[C@H](CC(C)C)NC(=O)[C@H](CC1C=NC=N1)NC(=O)[C@H](CC(=O)O)NC(=O)[C@@H](N)CC(=O)O. The Balaban J connectivity index is 3.17. The number of hydrogen-bond donors (Lipinski definition) is 7. The zero-order chi connectivity index (χ0) is 32.0. The number of carboxylic acid groups (broad SMARTS) is 2. The molecule has 0 saturated heterocycles. The Bertz CT molecular complexity index is 1050. The van der Waals surface area contributed by atoms with Gasteiger partial charge >= 0.3 is 11.9 Å². The molecule has 0 radical (unpaired) electrons. The van der Waals surface area contributed by atoms with Gasteiger partial charge in [0.1, 0.15) is 30.8 Å². The average Bonchev–Trinajstić information content (AvgIpc) is 3.38. The second-order valence-corrected chi connectivity index (χ2v) is 10.9. The fraction of sp³-hybridized carbons (Fsp3) is 0.654. The van der Waals surface area contributed by atoms with Crippen LogP contribution in [-0.4, -0.2) is 101 Å². The number of amides is 4. The number of nitrogens with two attached hydrogens (primary N) is 1. The Morgan fingerprint density at radius 2 is 1.31 bits per heavy atom. The molecule has 0 aromatic rings. The number of aliphatic carboxylic acids is 2. The van der Waals surface area contributed by atoms with Crippen LogP contribution in [0.5, 0.6) is 0 Å². The van der Waals surface area contributed by atoms with Crippen molar-refractivity contribution in [1.29, 1.82) is 0 Å². The summed E-state index contributed by atoms with van der Waals surface area (Å²) in [5, 5.41) is 27.9. The van der Waals surface area contributed by atoms with Crippen LogP contribution in [0.1, 0.15) is 59.8 Å². The molecule has 0 aromatic heterocycles. The first-order valence-electron chi connectivity index (χ1n) is 13.5. The van der Waals surface area contributed by atoms with E-state index in [0.29, 0.717) is 12.7 Å². The number of carbonyl (C=O) groups excluding carboxylic acids is 5. The Morgan fingerprint density at radius 1 is 0.786 bits per heavy atom. The summed E-state index contributed by atoms with van der Waals surface area (Å²) in [5.41, 5.74) is 5.52. The molecule has 0 aromatic carbocycles. The van der Waals surface area contributed by atoms with Gasteiger partial charge in [0.05, 0.1) is 31.0 Å². The van der Waals surface area contributed by atoms with E-state index in [-0.39, 0.29) is 24.7 Å². The zero-order valence-corrected chi connectivity index (χ0v) is 24.1. The van der Waals surface area contributed by atoms with Crippen molar-refractivity contribution in [1.82, 2.24) is 21.3 Å². The lowest BCUT2D eigenvalue weighted by Crippen LogP contribution is -2.59. The lowest BCUT2D eigenvalue weighted by molar-refractivity contribution is -0.142. The van der Waals surface area contributed by atoms with Crippen LogP contribution in [0.25, 0.3) is 0 Å². The fourth-order valence-corrected chi connectivity index (χ4v) is 4.03. The van der Waals surface area contributed by atoms with Crippen molar-refractivity contribution in [3.8, 4) is 0 Å². The van der Waals surface area contributed by atoms with Crippen molar-refractivity contribution in [2.45, 2.75) is 96.1 Å². The zero-order valence-electron chi connectivity index (χ0n) is 24.1. The van der Waals surface area contributed by atoms with Gasteiger partial charge < -0.3 is 42.0 Å². The van der Waals surface area contributed by atoms with Crippen LogP contribution in [-0.2, 0) is 33.6 Å². The summed E-state index contributed by atoms with van der Waals surface area (Å²) in [7, 11) is 0. The minimum absolute atomic E-state index is 0.0504. The topological polar surface area (TPSA) is 259 Å². The highest BCUT2D eigenvalue weighted by molar-refractivity contribution is 5.97. The molecular formula is C26H41N7O9. The molecule has 16 heteroatoms. The smallest absolute Gasteiger partial charge is 0.305 e. The molecule has 0 fully saturated rings. The van der Waals surface area contributed by atoms with Crippen LogP contribution in [0, 0.1) is 11.8 Å². The molecule has 4 amide bonds. The minimum atomic E-state index is -1.70. The van der Waals surface area contributed by atoms with E-state index in [0.717, 1.165) is 0 Å². The first-order chi connectivity index (χ1) is 19.6. The monoisotopic (exact) mass is 595 g/mol. The van der Waals surface area contributed by atoms with Gasteiger partial charge in [-0.3, -0.25) is 33.8 Å². The summed E-state index contributed by atoms with van der Waals surface area (Å²) in [6.45, 7) is 7.43. The van der Waals surface area contributed by atoms with Gasteiger partial charge in [-0.2, -0.15) is 0 Å². The van der Waals surface area contributed by atoms with Gasteiger partial charge in [-0.05, 0) is 24.7 Å². The third-order valence-electron chi connectivity index (χ3n) is 5.99. The maximum atomic E-state index is 13.4. The maximum absolute atomic E-state index is 13.4. The van der Waals surface area contributed by atoms with Gasteiger partial charge in [0, 0.05) is 12.6 Å². The highest BCUT2D eigenvalue weighted by Crippen LogP contribution is 2.11. The van der Waals surface area contributed by atoms with Crippen LogP contribution in [0.3, 0.4) is 0 Å². The minimum Gasteiger partial charge on any atom is -0.481 e. The molecule has 6 atom stereocenters. The third-order valence-corrected chi connectivity index (χ3v) is 5.99. The maximum Gasteiger partial charge on any atom is 0.305 e. The van der Waals surface area contributed by atoms with E-state index in [4.69, 9.17) is 10.8 Å². The van der Waals surface area contributed by atoms with Crippen LogP contribution < -0.4 is 27.0 Å². The van der Waals surface area contributed by atoms with Crippen molar-refractivity contribution in [3.05, 3.63) is 0 Å². The van der Waals surface area contributed by atoms with E-state index in [1.165, 1.54) is 12.6 Å². The lowest BCUT2D eigenvalue weighted by Gasteiger charge is -2.27. The molecular weight excluding hydrogens is 554 g/mol. The average molecular weight is 596 g/mol. The molecule has 0 aliphatic carbocycles. The van der Waals surface area contributed by atoms with E-state index < -0.39 is 84.7 Å². The summed E-state index contributed by atoms with van der Waals surface area (Å²) in [5.74, 6) is -6.30. The van der Waals surface area contributed by atoms with Crippen LogP contribution in [0.2, 0.25) is 0 Å². The molecule has 1 aliphatic rings. The van der Waals surface area contributed by atoms with Gasteiger partial charge in [-0.25, -0.2) is 4.99 Å². The van der Waals surface area contributed by atoms with E-state index in [1.807, 2.05) is 27.7 Å². The standard InChI is InChI=1S/C26H41N7O9/c1-13(2)5-16(11-34)30-24(40)18(6-14(3)4)32-25(41)19(7-15-10-28-12-29-15)33-26(42)20(9-22(37)38)31-23(39)17(27)8-21(35)36/h10-20H,5-9,27H2,1-4H3,(H,30,40)(H,31,39)(H,32,41)(H,33,42)(H,35,36)(H,37,38)/t15?,16-,17-,18-,19-,20-/m0/s1. The summed E-state index contributed by atoms with van der Waals surface area (Å²) < 4.78 is 0. The first-order valence-corrected chi connectivity index (χ1v) is 13.5. The summed E-state index contributed by atoms with van der Waals surface area (Å²) >= 11 is 0. The second kappa shape index (κ2) is 17.6. The van der Waals surface area contributed by atoms with Crippen molar-refractivity contribution in [2.75, 3.05) is 0 Å². The van der Waals surface area contributed by atoms with Gasteiger partial charge in [-0.15, -0.1) is 0 Å². The quantitative estimate of drug-likeness (QED) is 0.0838. The van der Waals surface area contributed by atoms with E-state index in [9.17, 15) is 38.7 Å². The number of aliphatic imine (C=N–C) groups is 2. The molecule has 0 spiro atoms. The molecule has 16 nitrogen and oxygen atoms in total. The number of hydrogen-bond acceptors (Lipinski definition) is 10. The molecule has 1 aliphatic heterocycles. The predicted octanol–water partition coefficient (Wildman–Crippen LogP) is -1.64. The molecule has 234 valence electrons. The first kappa shape index (κ1) is 35.8. The fourth-order valence-electron chi connectivity index (χ4n) is 4.03. The van der Waals surface area contributed by atoms with Crippen molar-refractivity contribution in [2.24, 2.45) is 27.6 Å². The Hall–Kier alpha value is -4.21. The molecule has 1 rings (SSSR count). The normalized spacial score (nSPS) is 17.5. The summed E-state index contributed by atoms with van der Waals surface area (Å²) in [4.78, 5) is 93.6. The number of carbonyl (C=O) groups is 7. The highest BCUT2D eigenvalue weighted by Gasteiger charge is 2.33. The second-order valence-electron chi connectivity index (χ2n) is 10.9. The third kappa shape index (κ3) is 13.4. The van der Waals surface area contributed by atoms with Gasteiger partial charge in [0.15, 0.2) is 0 Å². The predicted molar refractivity (Wildman–Crippen MR) is 151 cm³/mol. The van der Waals surface area contributed by atoms with Crippen molar-refractivity contribution < 1.29 is 43.8 Å². The Morgan fingerprint density at radius 3 is 1.81 bits per heavy atom. The van der Waals surface area contributed by atoms with Gasteiger partial charge in [0.25, 0.3) is 0 Å². The number of aldehydes is 1. The van der Waals surface area contributed by atoms with Gasteiger partial charge in [0.2, 0.25) is 23.6 Å². The Labute approximate surface area is 243 Å². The van der Waals surface area contributed by atoms with Crippen molar-refractivity contribution >= 4 is 54.4 Å². The molecule has 0 bridgehead atoms. The van der Waals surface area contributed by atoms with Crippen LogP contribution in [0.15, 0.2) is 9.98 Å².